The smallest absolute Gasteiger partial charge is 0.274 e. The SMILES string of the molecule is NS(=O)(=O)NCCNc1cn[nH]c1C(=Nc1ccc(F)c(Br)c1)NO. The number of nitrogens with zero attached hydrogens (tertiary/aromatic N) is 2. The van der Waals surface area contributed by atoms with E-state index in [2.05, 4.69) is 41.2 Å². The van der Waals surface area contributed by atoms with Crippen molar-refractivity contribution in [2.75, 3.05) is 18.4 Å². The van der Waals surface area contributed by atoms with Gasteiger partial charge in [-0.05, 0) is 34.1 Å². The van der Waals surface area contributed by atoms with E-state index in [0.717, 1.165) is 0 Å². The van der Waals surface area contributed by atoms with Gasteiger partial charge in [0.25, 0.3) is 10.2 Å². The Balaban J connectivity index is 2.14. The second-order valence-corrected chi connectivity index (χ2v) is 6.93. The predicted octanol–water partition coefficient (Wildman–Crippen LogP) is 0.573. The second kappa shape index (κ2) is 8.35. The van der Waals surface area contributed by atoms with Crippen LogP contribution >= 0.6 is 15.9 Å². The molecule has 13 heteroatoms. The summed E-state index contributed by atoms with van der Waals surface area (Å²) in [5.41, 5.74) is 3.09. The van der Waals surface area contributed by atoms with Crippen LogP contribution in [0.3, 0.4) is 0 Å². The highest BCUT2D eigenvalue weighted by molar-refractivity contribution is 9.10. The summed E-state index contributed by atoms with van der Waals surface area (Å²) in [6.07, 6.45) is 1.43. The van der Waals surface area contributed by atoms with Crippen molar-refractivity contribution in [3.8, 4) is 0 Å². The molecule has 0 bridgehead atoms. The van der Waals surface area contributed by atoms with Gasteiger partial charge in [-0.15, -0.1) is 0 Å². The van der Waals surface area contributed by atoms with E-state index in [0.29, 0.717) is 17.1 Å². The normalized spacial score (nSPS) is 12.2. The van der Waals surface area contributed by atoms with Crippen molar-refractivity contribution < 1.29 is 18.0 Å². The first kappa shape index (κ1) is 19.3. The van der Waals surface area contributed by atoms with Crippen LogP contribution in [0.5, 0.6) is 0 Å². The fourth-order valence-electron chi connectivity index (χ4n) is 1.81. The Morgan fingerprint density at radius 2 is 2.20 bits per heavy atom. The lowest BCUT2D eigenvalue weighted by Gasteiger charge is -2.09. The molecule has 0 spiro atoms. The zero-order valence-electron chi connectivity index (χ0n) is 12.6. The lowest BCUT2D eigenvalue weighted by molar-refractivity contribution is 0.235. The number of hydroxylamine groups is 1. The Kier molecular flexibility index (Phi) is 6.44. The number of nitrogens with two attached hydrogens (primary N) is 1. The summed E-state index contributed by atoms with van der Waals surface area (Å²) < 4.78 is 37.2. The minimum Gasteiger partial charge on any atom is -0.381 e. The van der Waals surface area contributed by atoms with Crippen molar-refractivity contribution in [2.45, 2.75) is 0 Å². The Morgan fingerprint density at radius 1 is 1.44 bits per heavy atom. The minimum absolute atomic E-state index is 0.0258. The number of amidine groups is 1. The van der Waals surface area contributed by atoms with Gasteiger partial charge in [-0.3, -0.25) is 15.8 Å². The van der Waals surface area contributed by atoms with Gasteiger partial charge in [-0.1, -0.05) is 0 Å². The molecule has 0 saturated carbocycles. The van der Waals surface area contributed by atoms with Gasteiger partial charge < -0.3 is 5.32 Å². The largest absolute Gasteiger partial charge is 0.381 e. The van der Waals surface area contributed by atoms with Crippen molar-refractivity contribution >= 4 is 43.3 Å². The molecular weight excluding hydrogens is 421 g/mol. The summed E-state index contributed by atoms with van der Waals surface area (Å²) >= 11 is 3.05. The van der Waals surface area contributed by atoms with Crippen LogP contribution in [-0.4, -0.2) is 42.7 Å². The number of nitrogens with one attached hydrogen (secondary N) is 4. The third-order valence-electron chi connectivity index (χ3n) is 2.87. The molecule has 1 aromatic heterocycles. The highest BCUT2D eigenvalue weighted by atomic mass is 79.9. The van der Waals surface area contributed by atoms with E-state index in [4.69, 9.17) is 5.14 Å². The fraction of sp³-hybridized carbons (Fsp3) is 0.167. The molecule has 0 aliphatic heterocycles. The molecule has 2 aromatic rings. The van der Waals surface area contributed by atoms with Crippen LogP contribution in [0, 0.1) is 5.82 Å². The summed E-state index contributed by atoms with van der Waals surface area (Å²) in [5.74, 6) is -0.415. The third kappa shape index (κ3) is 5.75. The number of aliphatic imine (C=N–C) groups is 1. The summed E-state index contributed by atoms with van der Waals surface area (Å²) in [5, 5.41) is 23.6. The van der Waals surface area contributed by atoms with E-state index in [9.17, 15) is 18.0 Å². The number of rotatable bonds is 7. The zero-order chi connectivity index (χ0) is 18.4. The summed E-state index contributed by atoms with van der Waals surface area (Å²) in [7, 11) is -3.77. The van der Waals surface area contributed by atoms with Gasteiger partial charge in [0.2, 0.25) is 0 Å². The third-order valence-corrected chi connectivity index (χ3v) is 4.08. The molecule has 10 nitrogen and oxygen atoms in total. The average molecular weight is 436 g/mol. The molecule has 1 aromatic carbocycles. The Hall–Kier alpha value is -2.06. The maximum Gasteiger partial charge on any atom is 0.274 e. The van der Waals surface area contributed by atoms with Gasteiger partial charge in [0, 0.05) is 13.1 Å². The van der Waals surface area contributed by atoms with Crippen molar-refractivity contribution in [3.63, 3.8) is 0 Å². The van der Waals surface area contributed by atoms with E-state index in [1.54, 1.807) is 0 Å². The molecule has 2 rings (SSSR count). The highest BCUT2D eigenvalue weighted by Crippen LogP contribution is 2.23. The summed E-state index contributed by atoms with van der Waals surface area (Å²) in [6.45, 7) is 0.261. The van der Waals surface area contributed by atoms with Crippen LogP contribution in [0.15, 0.2) is 33.9 Å². The maximum atomic E-state index is 13.3. The molecule has 0 aliphatic rings. The van der Waals surface area contributed by atoms with Crippen LogP contribution in [-0.2, 0) is 10.2 Å². The number of benzene rings is 1. The van der Waals surface area contributed by atoms with Gasteiger partial charge in [0.15, 0.2) is 5.84 Å². The lowest BCUT2D eigenvalue weighted by Crippen LogP contribution is -2.34. The number of hydrogen-bond acceptors (Lipinski definition) is 6. The van der Waals surface area contributed by atoms with Crippen molar-refractivity contribution in [2.24, 2.45) is 10.1 Å². The number of anilines is 1. The first-order chi connectivity index (χ1) is 11.8. The van der Waals surface area contributed by atoms with E-state index in [1.165, 1.54) is 24.4 Å². The molecule has 0 atom stereocenters. The molecule has 7 N–H and O–H groups in total. The van der Waals surface area contributed by atoms with Crippen LogP contribution in [0.4, 0.5) is 15.8 Å². The van der Waals surface area contributed by atoms with Gasteiger partial charge in [-0.25, -0.2) is 19.2 Å². The summed E-state index contributed by atoms with van der Waals surface area (Å²) in [6, 6.07) is 4.09. The molecule has 0 amide bonds. The number of aromatic nitrogens is 2. The molecular formula is C12H15BrFN7O3S. The molecule has 0 aliphatic carbocycles. The number of aromatic amines is 1. The Morgan fingerprint density at radius 3 is 2.84 bits per heavy atom. The maximum absolute atomic E-state index is 13.3. The highest BCUT2D eigenvalue weighted by Gasteiger charge is 2.12. The molecule has 0 fully saturated rings. The van der Waals surface area contributed by atoms with Crippen LogP contribution < -0.4 is 20.7 Å². The Labute approximate surface area is 151 Å². The molecule has 0 radical (unpaired) electrons. The predicted molar refractivity (Wildman–Crippen MR) is 93.4 cm³/mol. The van der Waals surface area contributed by atoms with Crippen LogP contribution in [0.2, 0.25) is 0 Å². The Bertz CT molecular complexity index is 871. The number of H-pyrrole nitrogens is 1. The van der Waals surface area contributed by atoms with Gasteiger partial charge in [0.05, 0.1) is 22.0 Å². The zero-order valence-corrected chi connectivity index (χ0v) is 15.0. The quantitative estimate of drug-likeness (QED) is 0.161. The summed E-state index contributed by atoms with van der Waals surface area (Å²) in [4.78, 5) is 4.17. The molecule has 0 saturated heterocycles. The minimum atomic E-state index is -3.77. The standard InChI is InChI=1S/C12H15BrFN7O3S/c13-8-5-7(1-2-9(8)14)19-12(21-22)11-10(6-17-20-11)16-3-4-18-25(15,23)24/h1-2,5-6,16,18,22H,3-4H2,(H,17,20)(H,19,21)(H2,15,23,24). The molecule has 0 unspecified atom stereocenters. The topological polar surface area (TPSA) is 158 Å². The monoisotopic (exact) mass is 435 g/mol. The van der Waals surface area contributed by atoms with Crippen LogP contribution in [0.25, 0.3) is 0 Å². The van der Waals surface area contributed by atoms with E-state index >= 15 is 0 Å². The number of halogens is 2. The van der Waals surface area contributed by atoms with Crippen molar-refractivity contribution in [1.29, 1.82) is 0 Å². The first-order valence-corrected chi connectivity index (χ1v) is 9.13. The lowest BCUT2D eigenvalue weighted by atomic mass is 10.3. The van der Waals surface area contributed by atoms with Gasteiger partial charge in [0.1, 0.15) is 11.5 Å². The fourth-order valence-corrected chi connectivity index (χ4v) is 2.56. The van der Waals surface area contributed by atoms with Gasteiger partial charge >= 0.3 is 0 Å². The molecule has 1 heterocycles. The van der Waals surface area contributed by atoms with E-state index in [-0.39, 0.29) is 23.4 Å². The van der Waals surface area contributed by atoms with E-state index < -0.39 is 16.0 Å². The van der Waals surface area contributed by atoms with Crippen LogP contribution in [0.1, 0.15) is 5.69 Å². The molecule has 136 valence electrons. The second-order valence-electron chi connectivity index (χ2n) is 4.70. The van der Waals surface area contributed by atoms with Crippen molar-refractivity contribution in [3.05, 3.63) is 40.4 Å². The first-order valence-electron chi connectivity index (χ1n) is 6.79. The molecule has 25 heavy (non-hydrogen) atoms. The number of hydrogen-bond donors (Lipinski definition) is 6. The van der Waals surface area contributed by atoms with E-state index in [1.807, 2.05) is 5.48 Å². The van der Waals surface area contributed by atoms with Crippen molar-refractivity contribution in [1.82, 2.24) is 20.4 Å². The average Bonchev–Trinajstić information content (AvgIpc) is 3.00. The van der Waals surface area contributed by atoms with Gasteiger partial charge in [-0.2, -0.15) is 13.5 Å².